The number of hydrogen-bond acceptors (Lipinski definition) is 3. The molecule has 1 aromatic rings. The van der Waals surface area contributed by atoms with Crippen molar-refractivity contribution in [3.8, 4) is 5.75 Å². The summed E-state index contributed by atoms with van der Waals surface area (Å²) in [6.45, 7) is 1.26. The van der Waals surface area contributed by atoms with Gasteiger partial charge < -0.3 is 14.7 Å². The lowest BCUT2D eigenvalue weighted by atomic mass is 10.1. The molecule has 114 valence electrons. The van der Waals surface area contributed by atoms with Crippen LogP contribution in [0.25, 0.3) is 0 Å². The topological polar surface area (TPSA) is 66.8 Å². The van der Waals surface area contributed by atoms with Crippen LogP contribution in [0.3, 0.4) is 0 Å². The van der Waals surface area contributed by atoms with Crippen molar-refractivity contribution in [1.29, 1.82) is 0 Å². The first-order valence-corrected chi connectivity index (χ1v) is 7.33. The van der Waals surface area contributed by atoms with Gasteiger partial charge in [0, 0.05) is 19.5 Å². The molecule has 2 rings (SSSR count). The molecule has 1 amide bonds. The van der Waals surface area contributed by atoms with Crippen molar-refractivity contribution < 1.29 is 19.4 Å². The summed E-state index contributed by atoms with van der Waals surface area (Å²) in [5.74, 6) is -0.652. The zero-order valence-corrected chi connectivity index (χ0v) is 12.4. The maximum Gasteiger partial charge on any atom is 0.308 e. The van der Waals surface area contributed by atoms with Gasteiger partial charge in [0.15, 0.2) is 0 Å². The number of carbonyl (C=O) groups is 2. The average molecular weight is 312 g/mol. The molecule has 1 aliphatic heterocycles. The van der Waals surface area contributed by atoms with Crippen LogP contribution < -0.4 is 4.74 Å². The van der Waals surface area contributed by atoms with Gasteiger partial charge in [-0.2, -0.15) is 0 Å². The van der Waals surface area contributed by atoms with Crippen LogP contribution >= 0.6 is 11.6 Å². The molecule has 1 aliphatic rings. The molecule has 0 spiro atoms. The summed E-state index contributed by atoms with van der Waals surface area (Å²) in [6, 6.07) is 7.19. The van der Waals surface area contributed by atoms with E-state index in [1.807, 2.05) is 12.1 Å². The highest BCUT2D eigenvalue weighted by molar-refractivity contribution is 6.32. The third kappa shape index (κ3) is 4.36. The Morgan fingerprint density at radius 1 is 1.38 bits per heavy atom. The van der Waals surface area contributed by atoms with Crippen LogP contribution in [0.1, 0.15) is 19.3 Å². The Morgan fingerprint density at radius 2 is 2.14 bits per heavy atom. The lowest BCUT2D eigenvalue weighted by molar-refractivity contribution is -0.141. The van der Waals surface area contributed by atoms with Crippen LogP contribution in [0.5, 0.6) is 5.75 Å². The third-order valence-electron chi connectivity index (χ3n) is 3.52. The van der Waals surface area contributed by atoms with Gasteiger partial charge in [-0.25, -0.2) is 0 Å². The molecule has 1 atom stereocenters. The first kappa shape index (κ1) is 15.6. The zero-order chi connectivity index (χ0) is 15.2. The number of carboxylic acid groups (broad SMARTS) is 1. The molecule has 6 heteroatoms. The van der Waals surface area contributed by atoms with Crippen LogP contribution in [0.15, 0.2) is 24.3 Å². The molecule has 1 unspecified atom stereocenters. The summed E-state index contributed by atoms with van der Waals surface area (Å²) < 4.78 is 5.51. The number of likely N-dealkylation sites (tertiary alicyclic amines) is 1. The van der Waals surface area contributed by atoms with Gasteiger partial charge in [-0.05, 0) is 25.0 Å². The van der Waals surface area contributed by atoms with Crippen molar-refractivity contribution in [1.82, 2.24) is 4.90 Å². The van der Waals surface area contributed by atoms with Gasteiger partial charge in [-0.1, -0.05) is 23.7 Å². The fourth-order valence-corrected chi connectivity index (χ4v) is 2.50. The minimum absolute atomic E-state index is 0.0125. The van der Waals surface area contributed by atoms with Crippen molar-refractivity contribution in [3.63, 3.8) is 0 Å². The van der Waals surface area contributed by atoms with Crippen molar-refractivity contribution in [3.05, 3.63) is 29.3 Å². The molecular weight excluding hydrogens is 294 g/mol. The second-order valence-electron chi connectivity index (χ2n) is 5.05. The van der Waals surface area contributed by atoms with E-state index < -0.39 is 11.9 Å². The molecule has 0 bridgehead atoms. The van der Waals surface area contributed by atoms with Gasteiger partial charge in [0.05, 0.1) is 17.5 Å². The highest BCUT2D eigenvalue weighted by Gasteiger charge is 2.30. The van der Waals surface area contributed by atoms with E-state index in [9.17, 15) is 9.59 Å². The van der Waals surface area contributed by atoms with E-state index in [1.165, 1.54) is 0 Å². The first-order chi connectivity index (χ1) is 10.1. The third-order valence-corrected chi connectivity index (χ3v) is 3.83. The molecule has 0 radical (unpaired) electrons. The molecule has 1 saturated heterocycles. The van der Waals surface area contributed by atoms with Crippen LogP contribution in [-0.4, -0.2) is 41.6 Å². The van der Waals surface area contributed by atoms with E-state index in [4.69, 9.17) is 21.4 Å². The predicted octanol–water partition coefficient (Wildman–Crippen LogP) is 2.43. The summed E-state index contributed by atoms with van der Waals surface area (Å²) in [5, 5.41) is 9.46. The minimum Gasteiger partial charge on any atom is -0.492 e. The molecular formula is C15H18ClNO4. The molecule has 0 saturated carbocycles. The molecule has 1 heterocycles. The van der Waals surface area contributed by atoms with Crippen LogP contribution in [0, 0.1) is 5.92 Å². The molecule has 5 nitrogen and oxygen atoms in total. The Morgan fingerprint density at radius 3 is 2.81 bits per heavy atom. The highest BCUT2D eigenvalue weighted by atomic mass is 35.5. The number of hydrogen-bond donors (Lipinski definition) is 1. The van der Waals surface area contributed by atoms with E-state index in [0.717, 1.165) is 0 Å². The second-order valence-corrected chi connectivity index (χ2v) is 5.45. The summed E-state index contributed by atoms with van der Waals surface area (Å²) in [6.07, 6.45) is 1.48. The number of carboxylic acids is 1. The first-order valence-electron chi connectivity index (χ1n) is 6.96. The Kier molecular flexibility index (Phi) is 5.44. The number of nitrogens with zero attached hydrogens (tertiary/aromatic N) is 1. The number of para-hydroxylation sites is 1. The maximum atomic E-state index is 11.9. The summed E-state index contributed by atoms with van der Waals surface area (Å²) in [5.41, 5.74) is 0. The van der Waals surface area contributed by atoms with Crippen molar-refractivity contribution in [2.24, 2.45) is 5.92 Å². The SMILES string of the molecule is O=C(O)C1CCN(C(=O)CCCOc2ccccc2Cl)C1. The van der Waals surface area contributed by atoms with Gasteiger partial charge >= 0.3 is 5.97 Å². The average Bonchev–Trinajstić information content (AvgIpc) is 2.95. The van der Waals surface area contributed by atoms with E-state index in [2.05, 4.69) is 0 Å². The Balaban J connectivity index is 1.68. The molecule has 0 aliphatic carbocycles. The standard InChI is InChI=1S/C15H18ClNO4/c16-12-4-1-2-5-13(12)21-9-3-6-14(18)17-8-7-11(10-17)15(19)20/h1-2,4-5,11H,3,6-10H2,(H,19,20). The fourth-order valence-electron chi connectivity index (χ4n) is 2.31. The summed E-state index contributed by atoms with van der Waals surface area (Å²) in [7, 11) is 0. The van der Waals surface area contributed by atoms with Gasteiger partial charge in [-0.15, -0.1) is 0 Å². The molecule has 0 aromatic heterocycles. The normalized spacial score (nSPS) is 17.8. The predicted molar refractivity (Wildman–Crippen MR) is 78.5 cm³/mol. The van der Waals surface area contributed by atoms with Crippen molar-refractivity contribution >= 4 is 23.5 Å². The number of aliphatic carboxylic acids is 1. The maximum absolute atomic E-state index is 11.9. The fraction of sp³-hybridized carbons (Fsp3) is 0.467. The minimum atomic E-state index is -0.827. The van der Waals surface area contributed by atoms with E-state index in [1.54, 1.807) is 17.0 Å². The Bertz CT molecular complexity index is 520. The second kappa shape index (κ2) is 7.31. The smallest absolute Gasteiger partial charge is 0.308 e. The lowest BCUT2D eigenvalue weighted by Gasteiger charge is -2.15. The Hall–Kier alpha value is -1.75. The zero-order valence-electron chi connectivity index (χ0n) is 11.6. The molecule has 21 heavy (non-hydrogen) atoms. The largest absolute Gasteiger partial charge is 0.492 e. The number of benzene rings is 1. The number of rotatable bonds is 6. The van der Waals surface area contributed by atoms with Crippen molar-refractivity contribution in [2.75, 3.05) is 19.7 Å². The van der Waals surface area contributed by atoms with Gasteiger partial charge in [0.25, 0.3) is 0 Å². The van der Waals surface area contributed by atoms with Gasteiger partial charge in [0.2, 0.25) is 5.91 Å². The quantitative estimate of drug-likeness (QED) is 0.819. The number of carbonyl (C=O) groups excluding carboxylic acids is 1. The Labute approximate surface area is 128 Å². The van der Waals surface area contributed by atoms with E-state index in [0.29, 0.717) is 49.7 Å². The van der Waals surface area contributed by atoms with E-state index in [-0.39, 0.29) is 5.91 Å². The van der Waals surface area contributed by atoms with Crippen LogP contribution in [0.2, 0.25) is 5.02 Å². The summed E-state index contributed by atoms with van der Waals surface area (Å²) in [4.78, 5) is 24.4. The number of halogens is 1. The number of amides is 1. The number of ether oxygens (including phenoxy) is 1. The van der Waals surface area contributed by atoms with Gasteiger partial charge in [-0.3, -0.25) is 9.59 Å². The van der Waals surface area contributed by atoms with Crippen molar-refractivity contribution in [2.45, 2.75) is 19.3 Å². The monoisotopic (exact) mass is 311 g/mol. The molecule has 1 fully saturated rings. The van der Waals surface area contributed by atoms with Crippen LogP contribution in [0.4, 0.5) is 0 Å². The molecule has 1 N–H and O–H groups in total. The molecule has 1 aromatic carbocycles. The van der Waals surface area contributed by atoms with E-state index >= 15 is 0 Å². The summed E-state index contributed by atoms with van der Waals surface area (Å²) >= 11 is 5.96. The lowest BCUT2D eigenvalue weighted by Crippen LogP contribution is -2.30. The van der Waals surface area contributed by atoms with Crippen LogP contribution in [-0.2, 0) is 9.59 Å². The van der Waals surface area contributed by atoms with Gasteiger partial charge in [0.1, 0.15) is 5.75 Å². The highest BCUT2D eigenvalue weighted by Crippen LogP contribution is 2.23.